The van der Waals surface area contributed by atoms with E-state index < -0.39 is 0 Å². The maximum atomic E-state index is 12.2. The Labute approximate surface area is 179 Å². The number of aromatic nitrogens is 2. The molecule has 0 atom stereocenters. The largest absolute Gasteiger partial charge is 0.378 e. The van der Waals surface area contributed by atoms with Crippen molar-refractivity contribution in [3.05, 3.63) is 46.6 Å². The van der Waals surface area contributed by atoms with Crippen LogP contribution in [0.25, 0.3) is 0 Å². The van der Waals surface area contributed by atoms with Crippen LogP contribution in [-0.2, 0) is 24.9 Å². The Morgan fingerprint density at radius 3 is 2.70 bits per heavy atom. The molecule has 3 rings (SSSR count). The summed E-state index contributed by atoms with van der Waals surface area (Å²) >= 11 is 0. The van der Waals surface area contributed by atoms with Crippen molar-refractivity contribution >= 4 is 11.7 Å². The van der Waals surface area contributed by atoms with Gasteiger partial charge in [-0.15, -0.1) is 0 Å². The smallest absolute Gasteiger partial charge is 0.251 e. The van der Waals surface area contributed by atoms with E-state index in [4.69, 9.17) is 9.84 Å². The summed E-state index contributed by atoms with van der Waals surface area (Å²) in [7, 11) is 2.03. The van der Waals surface area contributed by atoms with E-state index in [1.54, 1.807) is 0 Å². The third kappa shape index (κ3) is 5.40. The van der Waals surface area contributed by atoms with E-state index in [9.17, 15) is 4.79 Å². The third-order valence-corrected chi connectivity index (χ3v) is 5.36. The van der Waals surface area contributed by atoms with Gasteiger partial charge < -0.3 is 20.3 Å². The minimum Gasteiger partial charge on any atom is -0.378 e. The number of hydrogen-bond acceptors (Lipinski definition) is 5. The van der Waals surface area contributed by atoms with Crippen molar-refractivity contribution in [2.24, 2.45) is 7.05 Å². The van der Waals surface area contributed by atoms with E-state index in [0.717, 1.165) is 50.5 Å². The summed E-state index contributed by atoms with van der Waals surface area (Å²) in [5.74, 6) is 1.53. The maximum absolute atomic E-state index is 12.2. The molecule has 164 valence electrons. The van der Waals surface area contributed by atoms with Crippen molar-refractivity contribution in [3.8, 4) is 0 Å². The molecule has 7 nitrogen and oxygen atoms in total. The first-order chi connectivity index (χ1) is 14.5. The molecule has 0 bridgehead atoms. The van der Waals surface area contributed by atoms with Crippen molar-refractivity contribution in [2.75, 3.05) is 37.7 Å². The van der Waals surface area contributed by atoms with E-state index in [1.165, 1.54) is 11.4 Å². The predicted molar refractivity (Wildman–Crippen MR) is 120 cm³/mol. The molecule has 1 fully saturated rings. The number of nitrogens with zero attached hydrogens (tertiary/aromatic N) is 3. The Morgan fingerprint density at radius 1 is 1.23 bits per heavy atom. The average molecular weight is 414 g/mol. The van der Waals surface area contributed by atoms with E-state index >= 15 is 0 Å². The van der Waals surface area contributed by atoms with Gasteiger partial charge in [0.25, 0.3) is 5.91 Å². The topological polar surface area (TPSA) is 71.4 Å². The standard InChI is InChI=1S/C23H35N5O2/c1-5-9-25-22(29)19-8-6-7-18(14-19)15-24-16-20-21(17(2)3)26-27(4)23(20)28-10-12-30-13-11-28/h6-8,14,17,24H,5,9-13,15-16H2,1-4H3,(H,25,29). The van der Waals surface area contributed by atoms with Gasteiger partial charge in [0.05, 0.1) is 18.9 Å². The normalized spacial score (nSPS) is 14.4. The van der Waals surface area contributed by atoms with Crippen LogP contribution in [0.4, 0.5) is 5.82 Å². The van der Waals surface area contributed by atoms with Crippen LogP contribution in [0.2, 0.25) is 0 Å². The first kappa shape index (κ1) is 22.3. The Kier molecular flexibility index (Phi) is 7.87. The van der Waals surface area contributed by atoms with Gasteiger partial charge in [0.15, 0.2) is 0 Å². The van der Waals surface area contributed by atoms with Crippen molar-refractivity contribution in [1.82, 2.24) is 20.4 Å². The van der Waals surface area contributed by atoms with Gasteiger partial charge in [-0.05, 0) is 30.0 Å². The van der Waals surface area contributed by atoms with Crippen molar-refractivity contribution in [2.45, 2.75) is 46.2 Å². The van der Waals surface area contributed by atoms with Crippen LogP contribution in [0.15, 0.2) is 24.3 Å². The SMILES string of the molecule is CCCNC(=O)c1cccc(CNCc2c(C(C)C)nn(C)c2N2CCOCC2)c1. The summed E-state index contributed by atoms with van der Waals surface area (Å²) < 4.78 is 7.54. The van der Waals surface area contributed by atoms with Crippen LogP contribution in [0.1, 0.15) is 60.3 Å². The molecule has 1 amide bonds. The summed E-state index contributed by atoms with van der Waals surface area (Å²) in [6.07, 6.45) is 0.932. The first-order valence-corrected chi connectivity index (χ1v) is 11.0. The lowest BCUT2D eigenvalue weighted by molar-refractivity contribution is 0.0953. The number of aryl methyl sites for hydroxylation is 1. The lowest BCUT2D eigenvalue weighted by Gasteiger charge is -2.29. The highest BCUT2D eigenvalue weighted by Crippen LogP contribution is 2.29. The van der Waals surface area contributed by atoms with Gasteiger partial charge in [-0.2, -0.15) is 5.10 Å². The number of rotatable bonds is 9. The van der Waals surface area contributed by atoms with Gasteiger partial charge in [-0.3, -0.25) is 9.48 Å². The molecule has 2 aromatic rings. The fourth-order valence-electron chi connectivity index (χ4n) is 3.88. The van der Waals surface area contributed by atoms with Crippen molar-refractivity contribution in [1.29, 1.82) is 0 Å². The number of amides is 1. The molecule has 0 unspecified atom stereocenters. The van der Waals surface area contributed by atoms with Crippen molar-refractivity contribution < 1.29 is 9.53 Å². The van der Waals surface area contributed by atoms with Crippen molar-refractivity contribution in [3.63, 3.8) is 0 Å². The Hall–Kier alpha value is -2.38. The Bertz CT molecular complexity index is 840. The maximum Gasteiger partial charge on any atom is 0.251 e. The molecule has 0 saturated carbocycles. The fraction of sp³-hybridized carbons (Fsp3) is 0.565. The minimum atomic E-state index is -0.0114. The molecule has 1 aromatic heterocycles. The molecular weight excluding hydrogens is 378 g/mol. The number of carbonyl (C=O) groups excluding carboxylic acids is 1. The number of nitrogens with one attached hydrogen (secondary N) is 2. The van der Waals surface area contributed by atoms with Gasteiger partial charge in [-0.1, -0.05) is 32.9 Å². The van der Waals surface area contributed by atoms with E-state index in [-0.39, 0.29) is 5.91 Å². The highest BCUT2D eigenvalue weighted by Gasteiger charge is 2.24. The molecule has 1 aromatic carbocycles. The summed E-state index contributed by atoms with van der Waals surface area (Å²) in [4.78, 5) is 14.6. The van der Waals surface area contributed by atoms with E-state index in [2.05, 4.69) is 42.4 Å². The lowest BCUT2D eigenvalue weighted by Crippen LogP contribution is -2.38. The number of hydrogen-bond donors (Lipinski definition) is 2. The third-order valence-electron chi connectivity index (χ3n) is 5.36. The number of morpholine rings is 1. The van der Waals surface area contributed by atoms with E-state index in [0.29, 0.717) is 24.6 Å². The molecule has 0 spiro atoms. The van der Waals surface area contributed by atoms with Crippen LogP contribution < -0.4 is 15.5 Å². The average Bonchev–Trinajstić information content (AvgIpc) is 3.09. The second-order valence-corrected chi connectivity index (χ2v) is 8.12. The molecule has 0 radical (unpaired) electrons. The second kappa shape index (κ2) is 10.6. The van der Waals surface area contributed by atoms with Gasteiger partial charge in [0.2, 0.25) is 0 Å². The second-order valence-electron chi connectivity index (χ2n) is 8.12. The molecule has 2 N–H and O–H groups in total. The molecule has 1 aliphatic rings. The molecular formula is C23H35N5O2. The summed E-state index contributed by atoms with van der Waals surface area (Å²) in [6.45, 7) is 11.8. The monoisotopic (exact) mass is 413 g/mol. The zero-order valence-corrected chi connectivity index (χ0v) is 18.7. The number of carbonyl (C=O) groups is 1. The Morgan fingerprint density at radius 2 is 2.00 bits per heavy atom. The molecule has 30 heavy (non-hydrogen) atoms. The molecule has 1 saturated heterocycles. The fourth-order valence-corrected chi connectivity index (χ4v) is 3.88. The van der Waals surface area contributed by atoms with Gasteiger partial charge in [0, 0.05) is 50.9 Å². The first-order valence-electron chi connectivity index (χ1n) is 11.0. The quantitative estimate of drug-likeness (QED) is 0.661. The Balaban J connectivity index is 1.70. The summed E-state index contributed by atoms with van der Waals surface area (Å²) in [6, 6.07) is 7.83. The minimum absolute atomic E-state index is 0.0114. The number of ether oxygens (including phenoxy) is 1. The zero-order chi connectivity index (χ0) is 21.5. The molecule has 0 aliphatic carbocycles. The highest BCUT2D eigenvalue weighted by atomic mass is 16.5. The molecule has 1 aliphatic heterocycles. The van der Waals surface area contributed by atoms with Crippen LogP contribution >= 0.6 is 0 Å². The van der Waals surface area contributed by atoms with Gasteiger partial charge in [0.1, 0.15) is 5.82 Å². The van der Waals surface area contributed by atoms with Crippen LogP contribution in [-0.4, -0.2) is 48.5 Å². The molecule has 7 heteroatoms. The lowest BCUT2D eigenvalue weighted by atomic mass is 10.0. The van der Waals surface area contributed by atoms with Crippen LogP contribution in [0, 0.1) is 0 Å². The summed E-state index contributed by atoms with van der Waals surface area (Å²) in [5.41, 5.74) is 4.20. The molecule has 2 heterocycles. The summed E-state index contributed by atoms with van der Waals surface area (Å²) in [5, 5.41) is 11.3. The zero-order valence-electron chi connectivity index (χ0n) is 18.7. The predicted octanol–water partition coefficient (Wildman–Crippen LogP) is 2.81. The van der Waals surface area contributed by atoms with E-state index in [1.807, 2.05) is 29.9 Å². The van der Waals surface area contributed by atoms with Crippen LogP contribution in [0.3, 0.4) is 0 Å². The number of anilines is 1. The van der Waals surface area contributed by atoms with Gasteiger partial charge >= 0.3 is 0 Å². The van der Waals surface area contributed by atoms with Gasteiger partial charge in [-0.25, -0.2) is 0 Å². The number of benzene rings is 1. The highest BCUT2D eigenvalue weighted by molar-refractivity contribution is 5.94. The van der Waals surface area contributed by atoms with Crippen LogP contribution in [0.5, 0.6) is 0 Å².